The highest BCUT2D eigenvalue weighted by molar-refractivity contribution is 7.92. The molecule has 0 fully saturated rings. The molecule has 0 unspecified atom stereocenters. The second-order valence-electron chi connectivity index (χ2n) is 8.21. The van der Waals surface area contributed by atoms with Crippen molar-refractivity contribution < 1.29 is 13.2 Å². The number of hydrogen-bond acceptors (Lipinski definition) is 4. The third-order valence-electron chi connectivity index (χ3n) is 5.76. The highest BCUT2D eigenvalue weighted by Gasteiger charge is 2.21. The predicted octanol–water partition coefficient (Wildman–Crippen LogP) is 5.18. The minimum absolute atomic E-state index is 0.0267. The van der Waals surface area contributed by atoms with E-state index in [0.717, 1.165) is 28.2 Å². The number of carbonyl (C=O) groups excluding carboxylic acids is 1. The Hall–Kier alpha value is -3.62. The fraction of sp³-hybridized carbons (Fsp3) is 0.154. The second-order valence-corrected chi connectivity index (χ2v) is 10.3. The molecule has 1 amide bonds. The van der Waals surface area contributed by atoms with Gasteiger partial charge in [-0.25, -0.2) is 13.4 Å². The normalized spacial score (nSPS) is 11.3. The van der Waals surface area contributed by atoms with Gasteiger partial charge in [-0.05, 0) is 73.9 Å². The third kappa shape index (κ3) is 5.39. The monoisotopic (exact) mass is 508 g/mol. The van der Waals surface area contributed by atoms with Gasteiger partial charge in [-0.1, -0.05) is 35.9 Å². The van der Waals surface area contributed by atoms with Gasteiger partial charge in [0.2, 0.25) is 0 Å². The molecular formula is C26H25ClN4O3S. The minimum atomic E-state index is -4.01. The molecule has 0 aliphatic carbocycles. The van der Waals surface area contributed by atoms with Crippen molar-refractivity contribution in [2.24, 2.45) is 0 Å². The van der Waals surface area contributed by atoms with E-state index >= 15 is 0 Å². The van der Waals surface area contributed by atoms with E-state index in [-0.39, 0.29) is 22.0 Å². The number of halogens is 1. The zero-order chi connectivity index (χ0) is 25.2. The Balaban J connectivity index is 1.55. The zero-order valence-electron chi connectivity index (χ0n) is 19.5. The van der Waals surface area contributed by atoms with Crippen LogP contribution in [-0.2, 0) is 16.6 Å². The Labute approximate surface area is 209 Å². The van der Waals surface area contributed by atoms with Crippen LogP contribution in [0.1, 0.15) is 32.9 Å². The number of nitrogens with one attached hydrogen (secondary N) is 2. The average molecular weight is 509 g/mol. The predicted molar refractivity (Wildman–Crippen MR) is 138 cm³/mol. The summed E-state index contributed by atoms with van der Waals surface area (Å²) in [5.41, 5.74) is 4.40. The van der Waals surface area contributed by atoms with Crippen molar-refractivity contribution in [1.29, 1.82) is 0 Å². The van der Waals surface area contributed by atoms with E-state index in [1.54, 1.807) is 18.3 Å². The fourth-order valence-electron chi connectivity index (χ4n) is 3.67. The molecule has 0 aliphatic heterocycles. The average Bonchev–Trinajstić information content (AvgIpc) is 3.25. The van der Waals surface area contributed by atoms with Crippen LogP contribution in [0.5, 0.6) is 0 Å². The van der Waals surface area contributed by atoms with Crippen molar-refractivity contribution in [2.75, 3.05) is 4.72 Å². The molecular weight excluding hydrogens is 484 g/mol. The number of sulfonamides is 1. The maximum absolute atomic E-state index is 13.0. The first-order valence-corrected chi connectivity index (χ1v) is 12.8. The standard InChI is InChI=1S/C26H25ClN4O3S/c1-17-8-10-22(14-18(17)2)30-35(33,34)25-15-20(9-11-23(25)27)26(32)29-16-21-6-4-5-7-24(21)31-13-12-28-19(31)3/h4-15,30H,16H2,1-3H3,(H,29,32). The molecule has 9 heteroatoms. The number of aromatic nitrogens is 2. The topological polar surface area (TPSA) is 93.1 Å². The summed E-state index contributed by atoms with van der Waals surface area (Å²) in [7, 11) is -4.01. The molecule has 0 atom stereocenters. The number of imidazole rings is 1. The van der Waals surface area contributed by atoms with Crippen LogP contribution in [0, 0.1) is 20.8 Å². The van der Waals surface area contributed by atoms with E-state index in [0.29, 0.717) is 5.69 Å². The van der Waals surface area contributed by atoms with Gasteiger partial charge in [-0.3, -0.25) is 9.52 Å². The van der Waals surface area contributed by atoms with Crippen LogP contribution in [0.15, 0.2) is 78.0 Å². The van der Waals surface area contributed by atoms with Crippen LogP contribution in [0.3, 0.4) is 0 Å². The molecule has 7 nitrogen and oxygen atoms in total. The van der Waals surface area contributed by atoms with Crippen molar-refractivity contribution in [3.05, 3.63) is 106 Å². The first kappa shape index (κ1) is 24.5. The van der Waals surface area contributed by atoms with Crippen LogP contribution >= 0.6 is 11.6 Å². The number of benzene rings is 3. The lowest BCUT2D eigenvalue weighted by molar-refractivity contribution is 0.0950. The number of amides is 1. The van der Waals surface area contributed by atoms with Crippen molar-refractivity contribution in [3.63, 3.8) is 0 Å². The van der Waals surface area contributed by atoms with Gasteiger partial charge in [-0.15, -0.1) is 0 Å². The van der Waals surface area contributed by atoms with E-state index in [9.17, 15) is 13.2 Å². The summed E-state index contributed by atoms with van der Waals surface area (Å²) in [6, 6.07) is 17.1. The summed E-state index contributed by atoms with van der Waals surface area (Å²) in [6.07, 6.45) is 3.57. The summed E-state index contributed by atoms with van der Waals surface area (Å²) in [6.45, 7) is 5.99. The van der Waals surface area contributed by atoms with Gasteiger partial charge in [0.05, 0.1) is 10.7 Å². The third-order valence-corrected chi connectivity index (χ3v) is 7.62. The lowest BCUT2D eigenvalue weighted by Crippen LogP contribution is -2.24. The molecule has 0 saturated carbocycles. The second kappa shape index (κ2) is 9.93. The number of nitrogens with zero attached hydrogens (tertiary/aromatic N) is 2. The van der Waals surface area contributed by atoms with Gasteiger partial charge in [0.1, 0.15) is 10.7 Å². The van der Waals surface area contributed by atoms with E-state index < -0.39 is 15.9 Å². The zero-order valence-corrected chi connectivity index (χ0v) is 21.1. The number of aryl methyl sites for hydroxylation is 3. The van der Waals surface area contributed by atoms with Gasteiger partial charge in [-0.2, -0.15) is 0 Å². The molecule has 35 heavy (non-hydrogen) atoms. The molecule has 0 saturated heterocycles. The molecule has 0 spiro atoms. The van der Waals surface area contributed by atoms with Gasteiger partial charge in [0.25, 0.3) is 15.9 Å². The molecule has 0 radical (unpaired) electrons. The maximum Gasteiger partial charge on any atom is 0.263 e. The van der Waals surface area contributed by atoms with E-state index in [2.05, 4.69) is 15.0 Å². The number of anilines is 1. The molecule has 4 rings (SSSR count). The van der Waals surface area contributed by atoms with Crippen molar-refractivity contribution >= 4 is 33.2 Å². The molecule has 180 valence electrons. The van der Waals surface area contributed by atoms with Gasteiger partial charge in [0.15, 0.2) is 0 Å². The van der Waals surface area contributed by atoms with Crippen LogP contribution in [0.2, 0.25) is 5.02 Å². The molecule has 3 aromatic carbocycles. The summed E-state index contributed by atoms with van der Waals surface area (Å²) in [5, 5.41) is 2.89. The number of rotatable bonds is 7. The lowest BCUT2D eigenvalue weighted by atomic mass is 10.1. The number of para-hydroxylation sites is 1. The Morgan fingerprint density at radius 1 is 1.00 bits per heavy atom. The Bertz CT molecular complexity index is 1510. The molecule has 0 aliphatic rings. The number of carbonyl (C=O) groups is 1. The SMILES string of the molecule is Cc1ccc(NS(=O)(=O)c2cc(C(=O)NCc3ccccc3-n3ccnc3C)ccc2Cl)cc1C. The summed E-state index contributed by atoms with van der Waals surface area (Å²) >= 11 is 6.21. The molecule has 2 N–H and O–H groups in total. The van der Waals surface area contributed by atoms with Crippen LogP contribution in [0.25, 0.3) is 5.69 Å². The largest absolute Gasteiger partial charge is 0.348 e. The Morgan fingerprint density at radius 3 is 2.49 bits per heavy atom. The Kier molecular flexibility index (Phi) is 6.95. The summed E-state index contributed by atoms with van der Waals surface area (Å²) in [4.78, 5) is 17.0. The van der Waals surface area contributed by atoms with E-state index in [4.69, 9.17) is 11.6 Å². The van der Waals surface area contributed by atoms with Crippen molar-refractivity contribution in [3.8, 4) is 5.69 Å². The van der Waals surface area contributed by atoms with E-state index in [1.807, 2.05) is 61.9 Å². The van der Waals surface area contributed by atoms with E-state index in [1.165, 1.54) is 18.2 Å². The molecule has 1 aromatic heterocycles. The van der Waals surface area contributed by atoms with Gasteiger partial charge < -0.3 is 9.88 Å². The fourth-order valence-corrected chi connectivity index (χ4v) is 5.25. The van der Waals surface area contributed by atoms with Crippen LogP contribution < -0.4 is 10.0 Å². The lowest BCUT2D eigenvalue weighted by Gasteiger charge is -2.14. The molecule has 0 bridgehead atoms. The van der Waals surface area contributed by atoms with Crippen LogP contribution in [0.4, 0.5) is 5.69 Å². The highest BCUT2D eigenvalue weighted by atomic mass is 35.5. The van der Waals surface area contributed by atoms with Gasteiger partial charge in [0, 0.05) is 30.2 Å². The number of hydrogen-bond donors (Lipinski definition) is 2. The quantitative estimate of drug-likeness (QED) is 0.359. The molecule has 4 aromatic rings. The summed E-state index contributed by atoms with van der Waals surface area (Å²) in [5.74, 6) is 0.411. The van der Waals surface area contributed by atoms with Crippen molar-refractivity contribution in [2.45, 2.75) is 32.2 Å². The smallest absolute Gasteiger partial charge is 0.263 e. The van der Waals surface area contributed by atoms with Crippen molar-refractivity contribution in [1.82, 2.24) is 14.9 Å². The highest BCUT2D eigenvalue weighted by Crippen LogP contribution is 2.26. The van der Waals surface area contributed by atoms with Crippen LogP contribution in [-0.4, -0.2) is 23.9 Å². The first-order chi connectivity index (χ1) is 16.7. The Morgan fingerprint density at radius 2 is 1.77 bits per heavy atom. The first-order valence-electron chi connectivity index (χ1n) is 10.9. The van der Waals surface area contributed by atoms with Gasteiger partial charge >= 0.3 is 0 Å². The summed E-state index contributed by atoms with van der Waals surface area (Å²) < 4.78 is 30.6. The molecule has 1 heterocycles. The maximum atomic E-state index is 13.0. The minimum Gasteiger partial charge on any atom is -0.348 e.